The number of hydrogen-bond donors (Lipinski definition) is 0. The Labute approximate surface area is 145 Å². The SMILES string of the molecule is Fc1cccc([C@@H]2CN(c3cnccn3)[C@@H]3C4CCN(CC4)[C@@H]32)c1F. The van der Waals surface area contributed by atoms with Gasteiger partial charge in [0.25, 0.3) is 0 Å². The summed E-state index contributed by atoms with van der Waals surface area (Å²) in [6.45, 7) is 2.75. The van der Waals surface area contributed by atoms with Gasteiger partial charge < -0.3 is 4.90 Å². The number of nitrogens with zero attached hydrogens (tertiary/aromatic N) is 4. The van der Waals surface area contributed by atoms with E-state index in [1.807, 2.05) is 0 Å². The van der Waals surface area contributed by atoms with Crippen LogP contribution in [-0.2, 0) is 0 Å². The van der Waals surface area contributed by atoms with Crippen molar-refractivity contribution in [1.82, 2.24) is 14.9 Å². The molecular weight excluding hydrogens is 322 g/mol. The molecular formula is C19H20F2N4. The molecule has 4 aliphatic rings. The van der Waals surface area contributed by atoms with Crippen LogP contribution in [0.2, 0.25) is 0 Å². The Morgan fingerprint density at radius 2 is 1.88 bits per heavy atom. The molecule has 1 aromatic heterocycles. The largest absolute Gasteiger partial charge is 0.350 e. The van der Waals surface area contributed by atoms with Crippen LogP contribution in [0.15, 0.2) is 36.8 Å². The number of piperidine rings is 3. The Kier molecular flexibility index (Phi) is 3.48. The third kappa shape index (κ3) is 2.27. The van der Waals surface area contributed by atoms with Crippen molar-refractivity contribution in [3.63, 3.8) is 0 Å². The Morgan fingerprint density at radius 3 is 2.64 bits per heavy atom. The molecule has 1 aromatic carbocycles. The first kappa shape index (κ1) is 15.2. The lowest BCUT2D eigenvalue weighted by Crippen LogP contribution is -2.60. The molecule has 2 bridgehead atoms. The summed E-state index contributed by atoms with van der Waals surface area (Å²) in [4.78, 5) is 13.4. The number of aromatic nitrogens is 2. The van der Waals surface area contributed by atoms with E-state index in [4.69, 9.17) is 0 Å². The second-order valence-corrected chi connectivity index (χ2v) is 7.32. The summed E-state index contributed by atoms with van der Waals surface area (Å²) in [5.74, 6) is -0.0899. The normalized spacial score (nSPS) is 33.5. The molecule has 5 heterocycles. The summed E-state index contributed by atoms with van der Waals surface area (Å²) in [7, 11) is 0. The monoisotopic (exact) mass is 342 g/mol. The van der Waals surface area contributed by atoms with Crippen LogP contribution in [0.4, 0.5) is 14.6 Å². The minimum atomic E-state index is -0.761. The molecule has 130 valence electrons. The van der Waals surface area contributed by atoms with E-state index in [-0.39, 0.29) is 12.0 Å². The average Bonchev–Trinajstić information content (AvgIpc) is 3.08. The van der Waals surface area contributed by atoms with Gasteiger partial charge in [-0.3, -0.25) is 9.88 Å². The highest BCUT2D eigenvalue weighted by molar-refractivity contribution is 5.45. The first-order valence-electron chi connectivity index (χ1n) is 8.94. The highest BCUT2D eigenvalue weighted by Gasteiger charge is 2.54. The van der Waals surface area contributed by atoms with Gasteiger partial charge in [-0.25, -0.2) is 13.8 Å². The number of rotatable bonds is 2. The van der Waals surface area contributed by atoms with Gasteiger partial charge >= 0.3 is 0 Å². The second-order valence-electron chi connectivity index (χ2n) is 7.32. The molecule has 6 rings (SSSR count). The van der Waals surface area contributed by atoms with Crippen LogP contribution >= 0.6 is 0 Å². The molecule has 0 N–H and O–H groups in total. The quantitative estimate of drug-likeness (QED) is 0.840. The van der Waals surface area contributed by atoms with E-state index in [0.717, 1.165) is 31.7 Å². The fourth-order valence-corrected chi connectivity index (χ4v) is 5.20. The van der Waals surface area contributed by atoms with Crippen molar-refractivity contribution >= 4 is 5.82 Å². The van der Waals surface area contributed by atoms with Gasteiger partial charge in [-0.05, 0) is 43.5 Å². The molecule has 0 amide bonds. The van der Waals surface area contributed by atoms with Gasteiger partial charge in [0.05, 0.1) is 6.20 Å². The van der Waals surface area contributed by atoms with E-state index >= 15 is 0 Å². The lowest BCUT2D eigenvalue weighted by atomic mass is 9.75. The van der Waals surface area contributed by atoms with Gasteiger partial charge in [0, 0.05) is 36.9 Å². The van der Waals surface area contributed by atoms with Crippen LogP contribution in [0.1, 0.15) is 24.3 Å². The van der Waals surface area contributed by atoms with E-state index in [1.54, 1.807) is 30.7 Å². The van der Waals surface area contributed by atoms with Crippen LogP contribution in [-0.4, -0.2) is 46.6 Å². The lowest BCUT2D eigenvalue weighted by molar-refractivity contribution is 0.0349. The molecule has 0 aliphatic carbocycles. The molecule has 0 unspecified atom stereocenters. The summed E-state index contributed by atoms with van der Waals surface area (Å²) in [6, 6.07) is 5.06. The Morgan fingerprint density at radius 1 is 1.04 bits per heavy atom. The molecule has 3 atom stereocenters. The predicted molar refractivity (Wildman–Crippen MR) is 90.4 cm³/mol. The Bertz CT molecular complexity index is 776. The molecule has 4 fully saturated rings. The van der Waals surface area contributed by atoms with Crippen LogP contribution in [0.3, 0.4) is 0 Å². The summed E-state index contributed by atoms with van der Waals surface area (Å²) >= 11 is 0. The molecule has 4 aliphatic heterocycles. The van der Waals surface area contributed by atoms with Crippen LogP contribution < -0.4 is 4.90 Å². The van der Waals surface area contributed by atoms with Crippen molar-refractivity contribution in [1.29, 1.82) is 0 Å². The average molecular weight is 342 g/mol. The summed E-state index contributed by atoms with van der Waals surface area (Å²) < 4.78 is 28.4. The van der Waals surface area contributed by atoms with E-state index in [1.165, 1.54) is 6.07 Å². The minimum Gasteiger partial charge on any atom is -0.350 e. The molecule has 0 saturated carbocycles. The van der Waals surface area contributed by atoms with E-state index in [0.29, 0.717) is 24.1 Å². The smallest absolute Gasteiger partial charge is 0.162 e. The van der Waals surface area contributed by atoms with Crippen molar-refractivity contribution in [2.45, 2.75) is 30.8 Å². The second kappa shape index (κ2) is 5.73. The standard InChI is InChI=1S/C19H20F2N4/c20-15-3-1-2-13(17(15)21)14-11-25(16-10-22-6-7-23-16)18-12-4-8-24(9-5-12)19(14)18/h1-3,6-7,10,12,14,18-19H,4-5,8-9,11H2/t14-,18+,19+/m0/s1. The predicted octanol–water partition coefficient (Wildman–Crippen LogP) is 2.82. The minimum absolute atomic E-state index is 0.0502. The van der Waals surface area contributed by atoms with Gasteiger partial charge in [0.15, 0.2) is 11.6 Å². The van der Waals surface area contributed by atoms with Gasteiger partial charge in [-0.15, -0.1) is 0 Å². The van der Waals surface area contributed by atoms with Gasteiger partial charge in [0.1, 0.15) is 5.82 Å². The van der Waals surface area contributed by atoms with Crippen molar-refractivity contribution < 1.29 is 8.78 Å². The van der Waals surface area contributed by atoms with Crippen LogP contribution in [0, 0.1) is 17.6 Å². The molecule has 25 heavy (non-hydrogen) atoms. The maximum Gasteiger partial charge on any atom is 0.162 e. The Balaban J connectivity index is 1.59. The molecule has 2 aromatic rings. The van der Waals surface area contributed by atoms with Crippen molar-refractivity contribution in [3.05, 3.63) is 54.0 Å². The molecule has 0 spiro atoms. The summed E-state index contributed by atoms with van der Waals surface area (Å²) in [6.07, 6.45) is 7.46. The topological polar surface area (TPSA) is 32.3 Å². The van der Waals surface area contributed by atoms with Crippen LogP contribution in [0.25, 0.3) is 0 Å². The van der Waals surface area contributed by atoms with E-state index in [9.17, 15) is 8.78 Å². The first-order valence-corrected chi connectivity index (χ1v) is 8.94. The number of fused-ring (bicyclic) bond motifs is 2. The number of anilines is 1. The zero-order valence-corrected chi connectivity index (χ0v) is 13.9. The molecule has 0 radical (unpaired) electrons. The van der Waals surface area contributed by atoms with Crippen molar-refractivity contribution in [2.75, 3.05) is 24.5 Å². The third-order valence-electron chi connectivity index (χ3n) is 6.22. The van der Waals surface area contributed by atoms with Crippen LogP contribution in [0.5, 0.6) is 0 Å². The summed E-state index contributed by atoms with van der Waals surface area (Å²) in [5.41, 5.74) is 0.494. The number of benzene rings is 1. The molecule has 6 heteroatoms. The first-order chi connectivity index (χ1) is 12.2. The van der Waals surface area contributed by atoms with Crippen molar-refractivity contribution in [3.8, 4) is 0 Å². The van der Waals surface area contributed by atoms with Crippen molar-refractivity contribution in [2.24, 2.45) is 5.92 Å². The Hall–Kier alpha value is -2.08. The van der Waals surface area contributed by atoms with E-state index < -0.39 is 11.6 Å². The zero-order valence-electron chi connectivity index (χ0n) is 13.9. The number of halogens is 2. The lowest BCUT2D eigenvalue weighted by Gasteiger charge is -2.51. The maximum absolute atomic E-state index is 14.5. The van der Waals surface area contributed by atoms with E-state index in [2.05, 4.69) is 19.8 Å². The number of hydrogen-bond acceptors (Lipinski definition) is 4. The maximum atomic E-state index is 14.5. The third-order valence-corrected chi connectivity index (χ3v) is 6.22. The highest BCUT2D eigenvalue weighted by atomic mass is 19.2. The fraction of sp³-hybridized carbons (Fsp3) is 0.474. The van der Waals surface area contributed by atoms with Gasteiger partial charge in [-0.1, -0.05) is 12.1 Å². The fourth-order valence-electron chi connectivity index (χ4n) is 5.20. The molecule has 4 nitrogen and oxygen atoms in total. The van der Waals surface area contributed by atoms with Gasteiger partial charge in [-0.2, -0.15) is 0 Å². The zero-order chi connectivity index (χ0) is 17.0. The summed E-state index contributed by atoms with van der Waals surface area (Å²) in [5, 5.41) is 0. The molecule has 4 saturated heterocycles. The van der Waals surface area contributed by atoms with Gasteiger partial charge in [0.2, 0.25) is 0 Å². The highest BCUT2D eigenvalue weighted by Crippen LogP contribution is 2.48.